The molecule has 1 unspecified atom stereocenters. The first kappa shape index (κ1) is 10.2. The summed E-state index contributed by atoms with van der Waals surface area (Å²) >= 11 is 0. The fourth-order valence-corrected chi connectivity index (χ4v) is 2.06. The summed E-state index contributed by atoms with van der Waals surface area (Å²) in [7, 11) is -2.53. The van der Waals surface area contributed by atoms with Crippen molar-refractivity contribution in [2.45, 2.75) is 6.92 Å². The van der Waals surface area contributed by atoms with E-state index in [0.29, 0.717) is 5.96 Å². The van der Waals surface area contributed by atoms with Crippen molar-refractivity contribution in [3.05, 3.63) is 23.0 Å². The van der Waals surface area contributed by atoms with Gasteiger partial charge >= 0.3 is 16.1 Å². The van der Waals surface area contributed by atoms with E-state index in [1.807, 2.05) is 6.92 Å². The van der Waals surface area contributed by atoms with Crippen LogP contribution in [0.5, 0.6) is 0 Å². The molecule has 6 nitrogen and oxygen atoms in total. The fourth-order valence-electron chi connectivity index (χ4n) is 1.51. The number of rotatable bonds is 1. The van der Waals surface area contributed by atoms with Crippen LogP contribution in [0.4, 0.5) is 0 Å². The highest BCUT2D eigenvalue weighted by Crippen LogP contribution is 2.26. The van der Waals surface area contributed by atoms with E-state index in [9.17, 15) is 8.42 Å². The van der Waals surface area contributed by atoms with Crippen LogP contribution in [0.2, 0.25) is 0 Å². The second-order valence-electron chi connectivity index (χ2n) is 3.63. The molecule has 2 rings (SSSR count). The molecule has 80 valence electrons. The van der Waals surface area contributed by atoms with E-state index in [1.165, 1.54) is 6.20 Å². The van der Waals surface area contributed by atoms with Crippen LogP contribution in [0.1, 0.15) is 6.92 Å². The van der Waals surface area contributed by atoms with Crippen molar-refractivity contribution in [3.8, 4) is 0 Å². The smallest absolute Gasteiger partial charge is 0.280 e. The lowest BCUT2D eigenvalue weighted by molar-refractivity contribution is -0.706. The molecule has 0 bridgehead atoms. The van der Waals surface area contributed by atoms with Gasteiger partial charge in [-0.1, -0.05) is 0 Å². The van der Waals surface area contributed by atoms with Crippen molar-refractivity contribution in [1.29, 1.82) is 0 Å². The summed E-state index contributed by atoms with van der Waals surface area (Å²) in [6.45, 7) is 1.85. The minimum absolute atomic E-state index is 0.0669. The van der Waals surface area contributed by atoms with Crippen LogP contribution in [-0.2, 0) is 10.1 Å². The van der Waals surface area contributed by atoms with Crippen LogP contribution in [0, 0.1) is 0 Å². The Balaban J connectivity index is 2.56. The normalized spacial score (nSPS) is 29.4. The first-order valence-electron chi connectivity index (χ1n) is 4.20. The number of hydrogen-bond donors (Lipinski definition) is 1. The first-order chi connectivity index (χ1) is 6.81. The van der Waals surface area contributed by atoms with Gasteiger partial charge in [0.15, 0.2) is 0 Å². The molecular formula is C8H10N3O3S+. The van der Waals surface area contributed by atoms with Crippen molar-refractivity contribution in [2.24, 2.45) is 9.98 Å². The molecule has 1 atom stereocenters. The third kappa shape index (κ3) is 1.65. The number of fused-ring (bicyclic) bond motifs is 1. The number of aliphatic imine (C=N–C) groups is 2. The predicted molar refractivity (Wildman–Crippen MR) is 55.5 cm³/mol. The van der Waals surface area contributed by atoms with E-state index in [2.05, 4.69) is 9.98 Å². The molecule has 2 aliphatic heterocycles. The minimum Gasteiger partial charge on any atom is -0.280 e. The monoisotopic (exact) mass is 228 g/mol. The number of nitrogens with zero attached hydrogens (tertiary/aromatic N) is 3. The molecule has 0 aliphatic carbocycles. The van der Waals surface area contributed by atoms with Crippen LogP contribution in [-0.4, -0.2) is 36.7 Å². The third-order valence-electron chi connectivity index (χ3n) is 2.14. The van der Waals surface area contributed by atoms with Gasteiger partial charge in [0.25, 0.3) is 0 Å². The average molecular weight is 228 g/mol. The Labute approximate surface area is 87.3 Å². The summed E-state index contributed by atoms with van der Waals surface area (Å²) in [6, 6.07) is 0. The van der Waals surface area contributed by atoms with E-state index in [0.717, 1.165) is 5.57 Å². The number of guanidine groups is 1. The lowest BCUT2D eigenvalue weighted by atomic mass is 10.3. The van der Waals surface area contributed by atoms with Gasteiger partial charge < -0.3 is 0 Å². The molecule has 0 radical (unpaired) electrons. The molecule has 0 fully saturated rings. The maximum Gasteiger partial charge on any atom is 0.339 e. The molecule has 1 N–H and O–H groups in total. The number of hydrogen-bond acceptors (Lipinski definition) is 4. The highest BCUT2D eigenvalue weighted by molar-refractivity contribution is 7.89. The molecule has 0 saturated carbocycles. The molecule has 15 heavy (non-hydrogen) atoms. The van der Waals surface area contributed by atoms with Gasteiger partial charge in [-0.3, -0.25) is 4.55 Å². The molecule has 2 aliphatic rings. The zero-order valence-electron chi connectivity index (χ0n) is 8.25. The molecule has 2 heterocycles. The zero-order valence-corrected chi connectivity index (χ0v) is 9.06. The van der Waals surface area contributed by atoms with Gasteiger partial charge in [0.05, 0.1) is 7.05 Å². The van der Waals surface area contributed by atoms with Crippen molar-refractivity contribution < 1.29 is 17.5 Å². The summed E-state index contributed by atoms with van der Waals surface area (Å²) in [6.07, 6.45) is 4.73. The van der Waals surface area contributed by atoms with Gasteiger partial charge in [-0.25, -0.2) is 4.48 Å². The summed E-state index contributed by atoms with van der Waals surface area (Å²) in [5, 5.41) is -0.358. The van der Waals surface area contributed by atoms with Crippen LogP contribution >= 0.6 is 0 Å². The number of allylic oxidation sites excluding steroid dienone is 1. The second kappa shape index (κ2) is 2.84. The third-order valence-corrected chi connectivity index (χ3v) is 2.86. The SMILES string of the molecule is CC1=C[N+]2(C)C=C(S(=O)(=O)O)N=C2N=C1. The predicted octanol–water partition coefficient (Wildman–Crippen LogP) is 0.477. The average Bonchev–Trinajstić information content (AvgIpc) is 2.39. The molecular weight excluding hydrogens is 218 g/mol. The Morgan fingerprint density at radius 2 is 2.07 bits per heavy atom. The van der Waals surface area contributed by atoms with Crippen molar-refractivity contribution in [1.82, 2.24) is 0 Å². The first-order valence-corrected chi connectivity index (χ1v) is 5.64. The Hall–Kier alpha value is -1.31. The zero-order chi connectivity index (χ0) is 11.3. The van der Waals surface area contributed by atoms with Gasteiger partial charge in [-0.15, -0.1) is 0 Å². The van der Waals surface area contributed by atoms with E-state index in [-0.39, 0.29) is 9.51 Å². The topological polar surface area (TPSA) is 79.1 Å². The molecule has 0 aromatic heterocycles. The van der Waals surface area contributed by atoms with Crippen LogP contribution in [0.15, 0.2) is 33.0 Å². The lowest BCUT2D eigenvalue weighted by Crippen LogP contribution is -2.38. The van der Waals surface area contributed by atoms with Crippen LogP contribution in [0.3, 0.4) is 0 Å². The summed E-state index contributed by atoms with van der Waals surface area (Å²) in [5.41, 5.74) is 0.907. The summed E-state index contributed by atoms with van der Waals surface area (Å²) < 4.78 is 30.7. The Bertz CT molecular complexity index is 541. The van der Waals surface area contributed by atoms with Gasteiger partial charge in [0, 0.05) is 11.8 Å². The molecule has 0 aromatic rings. The Morgan fingerprint density at radius 3 is 2.67 bits per heavy atom. The van der Waals surface area contributed by atoms with Gasteiger partial charge in [-0.2, -0.15) is 18.4 Å². The second-order valence-corrected chi connectivity index (χ2v) is 5.00. The van der Waals surface area contributed by atoms with Crippen molar-refractivity contribution in [3.63, 3.8) is 0 Å². The standard InChI is InChI=1S/C8H9N3O3S/c1-6-3-9-8-10-7(15(12,13)14)5-11(8,2)4-6/h3-5H,1-2H3/p+1. The lowest BCUT2D eigenvalue weighted by Gasteiger charge is -2.22. The van der Waals surface area contributed by atoms with E-state index in [1.54, 1.807) is 19.5 Å². The molecule has 0 saturated heterocycles. The van der Waals surface area contributed by atoms with Crippen molar-refractivity contribution >= 4 is 22.3 Å². The molecule has 7 heteroatoms. The maximum absolute atomic E-state index is 10.9. The summed E-state index contributed by atoms with van der Waals surface area (Å²) in [4.78, 5) is 7.77. The Kier molecular flexibility index (Phi) is 1.94. The largest absolute Gasteiger partial charge is 0.339 e. The van der Waals surface area contributed by atoms with E-state index < -0.39 is 10.1 Å². The Morgan fingerprint density at radius 1 is 1.40 bits per heavy atom. The van der Waals surface area contributed by atoms with E-state index in [4.69, 9.17) is 4.55 Å². The van der Waals surface area contributed by atoms with Crippen LogP contribution < -0.4 is 0 Å². The molecule has 0 spiro atoms. The van der Waals surface area contributed by atoms with Gasteiger partial charge in [0.2, 0.25) is 5.03 Å². The van der Waals surface area contributed by atoms with Gasteiger partial charge in [0.1, 0.15) is 12.4 Å². The van der Waals surface area contributed by atoms with Crippen LogP contribution in [0.25, 0.3) is 0 Å². The highest BCUT2D eigenvalue weighted by Gasteiger charge is 2.38. The van der Waals surface area contributed by atoms with Gasteiger partial charge in [-0.05, 0) is 6.92 Å². The van der Waals surface area contributed by atoms with E-state index >= 15 is 0 Å². The molecule has 0 aromatic carbocycles. The quantitative estimate of drug-likeness (QED) is 0.523. The fraction of sp³-hybridized carbons (Fsp3) is 0.250. The minimum atomic E-state index is -4.26. The highest BCUT2D eigenvalue weighted by atomic mass is 32.2. The van der Waals surface area contributed by atoms with Crippen molar-refractivity contribution in [2.75, 3.05) is 7.05 Å². The molecule has 0 amide bonds. The number of quaternary nitrogens is 1. The maximum atomic E-state index is 10.9. The summed E-state index contributed by atoms with van der Waals surface area (Å²) in [5.74, 6) is 0.327.